The summed E-state index contributed by atoms with van der Waals surface area (Å²) in [7, 11) is 0. The maximum absolute atomic E-state index is 13.4. The molecule has 0 bridgehead atoms. The number of aliphatic hydroxyl groups excluding tert-OH is 1. The molecule has 4 aliphatic rings. The first-order valence-electron chi connectivity index (χ1n) is 14.2. The van der Waals surface area contributed by atoms with Crippen LogP contribution in [-0.4, -0.2) is 50.5 Å². The van der Waals surface area contributed by atoms with Crippen LogP contribution in [0.3, 0.4) is 0 Å². The number of ketones is 1. The van der Waals surface area contributed by atoms with Crippen molar-refractivity contribution in [2.45, 2.75) is 63.8 Å². The predicted molar refractivity (Wildman–Crippen MR) is 151 cm³/mol. The molecule has 0 radical (unpaired) electrons. The van der Waals surface area contributed by atoms with E-state index in [2.05, 4.69) is 13.8 Å². The maximum Gasteiger partial charge on any atom is 0.310 e. The second kappa shape index (κ2) is 8.97. The molecule has 0 heterocycles. The molecule has 7 atom stereocenters. The van der Waals surface area contributed by atoms with Gasteiger partial charge in [0.1, 0.15) is 11.2 Å². The van der Waals surface area contributed by atoms with Crippen LogP contribution in [0.25, 0.3) is 11.1 Å². The molecule has 0 aromatic heterocycles. The smallest absolute Gasteiger partial charge is 0.310 e. The largest absolute Gasteiger partial charge is 0.458 e. The molecule has 0 amide bonds. The number of carbonyl (C=O) groups is 2. The second-order valence-electron chi connectivity index (χ2n) is 13.1. The highest BCUT2D eigenvalue weighted by molar-refractivity contribution is 6.04. The van der Waals surface area contributed by atoms with Crippen LogP contribution in [-0.2, 0) is 20.7 Å². The number of hydrogen-bond donors (Lipinski definition) is 3. The van der Waals surface area contributed by atoms with Gasteiger partial charge in [0, 0.05) is 29.6 Å². The minimum atomic E-state index is -1.79. The third-order valence-electron chi connectivity index (χ3n) is 10.6. The fourth-order valence-corrected chi connectivity index (χ4v) is 8.45. The van der Waals surface area contributed by atoms with Crippen LogP contribution >= 0.6 is 0 Å². The molecule has 6 rings (SSSR count). The summed E-state index contributed by atoms with van der Waals surface area (Å²) < 4.78 is 6.35. The molecule has 2 saturated carbocycles. The summed E-state index contributed by atoms with van der Waals surface area (Å²) in [5.41, 5.74) is -0.434. The lowest BCUT2D eigenvalue weighted by Gasteiger charge is -2.50. The Labute approximate surface area is 235 Å². The number of hydrogen-bond acceptors (Lipinski definition) is 6. The molecule has 2 aromatic carbocycles. The molecule has 6 nitrogen and oxygen atoms in total. The van der Waals surface area contributed by atoms with Crippen molar-refractivity contribution in [2.75, 3.05) is 6.61 Å². The van der Waals surface area contributed by atoms with E-state index in [1.807, 2.05) is 67.6 Å². The van der Waals surface area contributed by atoms with Crippen LogP contribution in [0.15, 0.2) is 77.9 Å². The van der Waals surface area contributed by atoms with Crippen molar-refractivity contribution in [2.24, 2.45) is 29.1 Å². The lowest BCUT2D eigenvalue weighted by molar-refractivity contribution is -0.186. The number of carbonyl (C=O) groups excluding carboxylic acids is 2. The van der Waals surface area contributed by atoms with Crippen molar-refractivity contribution >= 4 is 11.8 Å². The van der Waals surface area contributed by atoms with Crippen LogP contribution in [0, 0.1) is 29.1 Å². The minimum absolute atomic E-state index is 0.0225. The summed E-state index contributed by atoms with van der Waals surface area (Å²) in [5, 5.41) is 34.2. The van der Waals surface area contributed by atoms with Gasteiger partial charge in [-0.25, -0.2) is 0 Å². The number of ether oxygens (including phenoxy) is 1. The van der Waals surface area contributed by atoms with Crippen LogP contribution in [0.1, 0.15) is 46.1 Å². The normalized spacial score (nSPS) is 37.3. The molecule has 2 aromatic rings. The number of rotatable bonds is 5. The van der Waals surface area contributed by atoms with Crippen LogP contribution in [0.5, 0.6) is 0 Å². The average Bonchev–Trinajstić information content (AvgIpc) is 3.33. The van der Waals surface area contributed by atoms with Gasteiger partial charge < -0.3 is 20.1 Å². The third-order valence-corrected chi connectivity index (χ3v) is 10.6. The van der Waals surface area contributed by atoms with E-state index in [-0.39, 0.29) is 37.3 Å². The molecule has 210 valence electrons. The summed E-state index contributed by atoms with van der Waals surface area (Å²) in [6.45, 7) is 7.38. The summed E-state index contributed by atoms with van der Waals surface area (Å²) in [5.74, 6) is -2.62. The second-order valence-corrected chi connectivity index (χ2v) is 13.1. The van der Waals surface area contributed by atoms with Gasteiger partial charge in [0.25, 0.3) is 0 Å². The zero-order valence-corrected chi connectivity index (χ0v) is 23.6. The van der Waals surface area contributed by atoms with Crippen LogP contribution < -0.4 is 0 Å². The Morgan fingerprint density at radius 1 is 1.00 bits per heavy atom. The Bertz CT molecular complexity index is 1420. The molecule has 40 heavy (non-hydrogen) atoms. The molecule has 2 fully saturated rings. The Balaban J connectivity index is 1.28. The lowest BCUT2D eigenvalue weighted by atomic mass is 9.60. The molecule has 3 unspecified atom stereocenters. The zero-order chi connectivity index (χ0) is 28.7. The molecular formula is C34H38O6. The van der Waals surface area contributed by atoms with Crippen LogP contribution in [0.4, 0.5) is 0 Å². The highest BCUT2D eigenvalue weighted by Crippen LogP contribution is 2.76. The van der Waals surface area contributed by atoms with Gasteiger partial charge in [-0.2, -0.15) is 0 Å². The molecule has 3 N–H and O–H groups in total. The monoisotopic (exact) mass is 542 g/mol. The summed E-state index contributed by atoms with van der Waals surface area (Å²) in [4.78, 5) is 26.5. The van der Waals surface area contributed by atoms with E-state index in [0.29, 0.717) is 17.6 Å². The first-order valence-corrected chi connectivity index (χ1v) is 14.2. The van der Waals surface area contributed by atoms with E-state index in [1.54, 1.807) is 13.0 Å². The molecular weight excluding hydrogens is 504 g/mol. The van der Waals surface area contributed by atoms with Gasteiger partial charge in [-0.1, -0.05) is 87.5 Å². The summed E-state index contributed by atoms with van der Waals surface area (Å²) in [6, 6.07) is 18.0. The third kappa shape index (κ3) is 3.65. The van der Waals surface area contributed by atoms with Gasteiger partial charge in [0.05, 0.1) is 18.6 Å². The number of Topliss-reactive ketones (excluding diaryl/α,β-unsaturated/α-hetero) is 1. The number of benzene rings is 2. The Kier molecular flexibility index (Phi) is 6.08. The van der Waals surface area contributed by atoms with E-state index >= 15 is 0 Å². The minimum Gasteiger partial charge on any atom is -0.458 e. The lowest BCUT2D eigenvalue weighted by Crippen LogP contribution is -2.61. The summed E-state index contributed by atoms with van der Waals surface area (Å²) in [6.07, 6.45) is 4.11. The van der Waals surface area contributed by atoms with Gasteiger partial charge in [-0.05, 0) is 47.1 Å². The highest BCUT2D eigenvalue weighted by Gasteiger charge is 2.83. The highest BCUT2D eigenvalue weighted by atomic mass is 16.6. The van der Waals surface area contributed by atoms with Crippen LogP contribution in [0.2, 0.25) is 0 Å². The topological polar surface area (TPSA) is 104 Å². The number of fused-ring (bicyclic) bond motifs is 5. The van der Waals surface area contributed by atoms with E-state index in [4.69, 9.17) is 4.74 Å². The molecule has 0 saturated heterocycles. The maximum atomic E-state index is 13.4. The van der Waals surface area contributed by atoms with Crippen molar-refractivity contribution in [3.05, 3.63) is 83.5 Å². The Hall–Kier alpha value is -3.06. The zero-order valence-electron chi connectivity index (χ0n) is 23.6. The number of esters is 1. The average molecular weight is 543 g/mol. The SMILES string of the molecule is CC1=C[C@@H]2C(O)(CC(CO)=CC3C4C(C)(C)[C@]4(OC(=O)Cc4ccc(-c5ccccc5)cc4)C[C@@H](C)[C@@]32O)C1=O. The van der Waals surface area contributed by atoms with Crippen molar-refractivity contribution < 1.29 is 29.6 Å². The van der Waals surface area contributed by atoms with Gasteiger partial charge in [0.2, 0.25) is 0 Å². The first-order chi connectivity index (χ1) is 18.9. The van der Waals surface area contributed by atoms with Crippen molar-refractivity contribution in [3.63, 3.8) is 0 Å². The van der Waals surface area contributed by atoms with Crippen molar-refractivity contribution in [3.8, 4) is 11.1 Å². The Morgan fingerprint density at radius 3 is 2.30 bits per heavy atom. The number of aliphatic hydroxyl groups is 3. The predicted octanol–water partition coefficient (Wildman–Crippen LogP) is 4.42. The molecule has 0 spiro atoms. The van der Waals surface area contributed by atoms with E-state index in [0.717, 1.165) is 16.7 Å². The van der Waals surface area contributed by atoms with E-state index in [9.17, 15) is 24.9 Å². The van der Waals surface area contributed by atoms with Crippen molar-refractivity contribution in [1.29, 1.82) is 0 Å². The first kappa shape index (κ1) is 27.1. The van der Waals surface area contributed by atoms with Gasteiger partial charge in [-0.3, -0.25) is 9.59 Å². The van der Waals surface area contributed by atoms with Gasteiger partial charge >= 0.3 is 5.97 Å². The molecule has 4 aliphatic carbocycles. The van der Waals surface area contributed by atoms with E-state index in [1.165, 1.54) is 0 Å². The Morgan fingerprint density at radius 2 is 1.65 bits per heavy atom. The quantitative estimate of drug-likeness (QED) is 0.382. The standard InChI is InChI=1S/C34H38O6/c1-20-14-27-32(38,30(20)37)18-23(19-35)15-26-29-31(3,4)33(29,17-21(2)34(26,27)39)40-28(36)16-22-10-12-25(13-11-22)24-8-6-5-7-9-24/h5-15,21,26-27,29,35,38-39H,16-19H2,1-4H3/t21-,26?,27-,29?,32?,33+,34-/m1/s1. The fourth-order valence-electron chi connectivity index (χ4n) is 8.45. The molecule has 6 heteroatoms. The fraction of sp³-hybridized carbons (Fsp3) is 0.471. The molecule has 0 aliphatic heterocycles. The van der Waals surface area contributed by atoms with E-state index < -0.39 is 39.8 Å². The van der Waals surface area contributed by atoms with Gasteiger partial charge in [0.15, 0.2) is 5.78 Å². The summed E-state index contributed by atoms with van der Waals surface area (Å²) >= 11 is 0. The van der Waals surface area contributed by atoms with Gasteiger partial charge in [-0.15, -0.1) is 0 Å². The van der Waals surface area contributed by atoms with Crippen molar-refractivity contribution in [1.82, 2.24) is 0 Å².